The Balaban J connectivity index is 1.99. The quantitative estimate of drug-likeness (QED) is 0.782. The van der Waals surface area contributed by atoms with Gasteiger partial charge in [-0.2, -0.15) is 0 Å². The molecule has 1 aromatic rings. The Morgan fingerprint density at radius 1 is 1.60 bits per heavy atom. The summed E-state index contributed by atoms with van der Waals surface area (Å²) < 4.78 is 0. The molecule has 0 aliphatic carbocycles. The van der Waals surface area contributed by atoms with Crippen LogP contribution in [0.4, 0.5) is 4.79 Å². The van der Waals surface area contributed by atoms with Crippen LogP contribution in [0, 0.1) is 0 Å². The molecule has 2 amide bonds. The zero-order valence-electron chi connectivity index (χ0n) is 11.4. The number of hydrogen-bond donors (Lipinski definition) is 3. The molecule has 110 valence electrons. The van der Waals surface area contributed by atoms with Crippen LogP contribution >= 0.6 is 11.3 Å². The number of carbonyl (C=O) groups excluding carboxylic acids is 1. The first-order chi connectivity index (χ1) is 9.33. The molecular weight excluding hydrogens is 280 g/mol. The van der Waals surface area contributed by atoms with Gasteiger partial charge < -0.3 is 20.4 Å². The number of aliphatic hydroxyl groups is 1. The molecule has 1 aromatic heterocycles. The molecule has 0 bridgehead atoms. The lowest BCUT2D eigenvalue weighted by molar-refractivity contribution is -0.155. The maximum Gasteiger partial charge on any atom is 0.337 e. The summed E-state index contributed by atoms with van der Waals surface area (Å²) in [7, 11) is 0. The maximum absolute atomic E-state index is 12.1. The summed E-state index contributed by atoms with van der Waals surface area (Å²) in [6.07, 6.45) is 0.806. The summed E-state index contributed by atoms with van der Waals surface area (Å²) in [5, 5.41) is 22.9. The van der Waals surface area contributed by atoms with E-state index in [9.17, 15) is 14.7 Å². The normalized spacial score (nSPS) is 20.9. The molecule has 0 spiro atoms. The predicted molar refractivity (Wildman–Crippen MR) is 74.8 cm³/mol. The molecule has 7 heteroatoms. The molecule has 2 atom stereocenters. The Morgan fingerprint density at radius 2 is 2.30 bits per heavy atom. The number of carboxylic acids is 1. The smallest absolute Gasteiger partial charge is 0.337 e. The monoisotopic (exact) mass is 298 g/mol. The van der Waals surface area contributed by atoms with E-state index in [4.69, 9.17) is 5.11 Å². The van der Waals surface area contributed by atoms with E-state index in [-0.39, 0.29) is 18.6 Å². The van der Waals surface area contributed by atoms with Crippen LogP contribution in [-0.2, 0) is 11.2 Å². The molecule has 0 radical (unpaired) electrons. The Morgan fingerprint density at radius 3 is 2.95 bits per heavy atom. The average molecular weight is 298 g/mol. The minimum absolute atomic E-state index is 0.0419. The van der Waals surface area contributed by atoms with Gasteiger partial charge in [0, 0.05) is 11.4 Å². The fraction of sp³-hybridized carbons (Fsp3) is 0.538. The van der Waals surface area contributed by atoms with Gasteiger partial charge in [-0.05, 0) is 37.3 Å². The summed E-state index contributed by atoms with van der Waals surface area (Å²) in [4.78, 5) is 25.9. The van der Waals surface area contributed by atoms with Crippen LogP contribution in [0.5, 0.6) is 0 Å². The number of carboxylic acid groups (broad SMARTS) is 1. The van der Waals surface area contributed by atoms with Crippen LogP contribution in [-0.4, -0.2) is 45.8 Å². The summed E-state index contributed by atoms with van der Waals surface area (Å²) >= 11 is 1.69. The summed E-state index contributed by atoms with van der Waals surface area (Å²) in [6, 6.07) is 1.62. The number of fused-ring (bicyclic) bond motifs is 1. The molecule has 2 unspecified atom stereocenters. The number of nitrogens with zero attached hydrogens (tertiary/aromatic N) is 1. The Bertz CT molecular complexity index is 526. The van der Waals surface area contributed by atoms with Crippen LogP contribution < -0.4 is 5.32 Å². The van der Waals surface area contributed by atoms with Crippen molar-refractivity contribution in [3.63, 3.8) is 0 Å². The van der Waals surface area contributed by atoms with Gasteiger partial charge in [0.1, 0.15) is 0 Å². The number of urea groups is 1. The number of hydrogen-bond acceptors (Lipinski definition) is 4. The van der Waals surface area contributed by atoms with Crippen LogP contribution in [0.1, 0.15) is 30.3 Å². The largest absolute Gasteiger partial charge is 0.479 e. The number of rotatable bonds is 3. The average Bonchev–Trinajstić information content (AvgIpc) is 2.85. The van der Waals surface area contributed by atoms with Crippen LogP contribution in [0.2, 0.25) is 0 Å². The van der Waals surface area contributed by atoms with Crippen molar-refractivity contribution in [3.8, 4) is 0 Å². The molecule has 3 N–H and O–H groups in total. The van der Waals surface area contributed by atoms with E-state index in [0.29, 0.717) is 6.54 Å². The van der Waals surface area contributed by atoms with Gasteiger partial charge in [-0.15, -0.1) is 11.3 Å². The second kappa shape index (κ2) is 5.41. The van der Waals surface area contributed by atoms with Gasteiger partial charge in [0.2, 0.25) is 0 Å². The number of thiophene rings is 1. The van der Waals surface area contributed by atoms with Crippen molar-refractivity contribution in [1.82, 2.24) is 10.2 Å². The van der Waals surface area contributed by atoms with E-state index in [1.54, 1.807) is 16.2 Å². The van der Waals surface area contributed by atoms with Gasteiger partial charge in [0.15, 0.2) is 5.60 Å². The zero-order chi connectivity index (χ0) is 14.9. The highest BCUT2D eigenvalue weighted by Crippen LogP contribution is 2.32. The maximum atomic E-state index is 12.1. The standard InChI is InChI=1S/C13H18N2O4S/c1-8-9-4-6-20-10(9)3-5-15(8)12(18)14-7-13(2,19)11(16)17/h4,6,8,19H,3,5,7H2,1-2H3,(H,14,18)(H,16,17). The van der Waals surface area contributed by atoms with Gasteiger partial charge in [0.25, 0.3) is 0 Å². The van der Waals surface area contributed by atoms with Crippen molar-refractivity contribution >= 4 is 23.3 Å². The number of aliphatic carboxylic acids is 1. The topological polar surface area (TPSA) is 89.9 Å². The second-order valence-corrected chi connectivity index (χ2v) is 6.16. The summed E-state index contributed by atoms with van der Waals surface area (Å²) in [5.41, 5.74) is -0.816. The molecule has 0 saturated heterocycles. The third-order valence-corrected chi connectivity index (χ3v) is 4.58. The molecule has 0 saturated carbocycles. The van der Waals surface area contributed by atoms with E-state index in [1.807, 2.05) is 18.4 Å². The minimum atomic E-state index is -1.96. The molecule has 0 aromatic carbocycles. The van der Waals surface area contributed by atoms with Crippen molar-refractivity contribution in [1.29, 1.82) is 0 Å². The van der Waals surface area contributed by atoms with Crippen molar-refractivity contribution in [3.05, 3.63) is 21.9 Å². The van der Waals surface area contributed by atoms with Crippen molar-refractivity contribution in [2.75, 3.05) is 13.1 Å². The molecule has 2 heterocycles. The van der Waals surface area contributed by atoms with Crippen molar-refractivity contribution < 1.29 is 19.8 Å². The number of carbonyl (C=O) groups is 2. The number of nitrogens with one attached hydrogen (secondary N) is 1. The van der Waals surface area contributed by atoms with Crippen molar-refractivity contribution in [2.45, 2.75) is 31.9 Å². The molecule has 6 nitrogen and oxygen atoms in total. The Labute approximate surface area is 121 Å². The highest BCUT2D eigenvalue weighted by atomic mass is 32.1. The van der Waals surface area contributed by atoms with Crippen LogP contribution in [0.25, 0.3) is 0 Å². The molecule has 1 aliphatic heterocycles. The first-order valence-corrected chi connectivity index (χ1v) is 7.27. The summed E-state index contributed by atoms with van der Waals surface area (Å²) in [6.45, 7) is 3.38. The van der Waals surface area contributed by atoms with Gasteiger partial charge in [0.05, 0.1) is 12.6 Å². The fourth-order valence-corrected chi connectivity index (χ4v) is 3.17. The lowest BCUT2D eigenvalue weighted by atomic mass is 10.0. The fourth-order valence-electron chi connectivity index (χ4n) is 2.21. The molecule has 1 aliphatic rings. The van der Waals surface area contributed by atoms with E-state index in [0.717, 1.165) is 18.9 Å². The zero-order valence-corrected chi connectivity index (χ0v) is 12.2. The molecule has 2 rings (SSSR count). The molecular formula is C13H18N2O4S. The Hall–Kier alpha value is -1.60. The lowest BCUT2D eigenvalue weighted by Crippen LogP contribution is -2.51. The van der Waals surface area contributed by atoms with Crippen LogP contribution in [0.15, 0.2) is 11.4 Å². The van der Waals surface area contributed by atoms with Gasteiger partial charge >= 0.3 is 12.0 Å². The van der Waals surface area contributed by atoms with Gasteiger partial charge in [-0.25, -0.2) is 9.59 Å². The van der Waals surface area contributed by atoms with E-state index < -0.39 is 11.6 Å². The Kier molecular flexibility index (Phi) is 4.01. The summed E-state index contributed by atoms with van der Waals surface area (Å²) in [5.74, 6) is -1.36. The van der Waals surface area contributed by atoms with E-state index >= 15 is 0 Å². The first-order valence-electron chi connectivity index (χ1n) is 6.39. The molecule has 20 heavy (non-hydrogen) atoms. The van der Waals surface area contributed by atoms with Crippen molar-refractivity contribution in [2.24, 2.45) is 0 Å². The highest BCUT2D eigenvalue weighted by molar-refractivity contribution is 7.10. The minimum Gasteiger partial charge on any atom is -0.479 e. The first kappa shape index (κ1) is 14.8. The SMILES string of the molecule is CC1c2ccsc2CCN1C(=O)NCC(C)(O)C(=O)O. The lowest BCUT2D eigenvalue weighted by Gasteiger charge is -2.34. The van der Waals surface area contributed by atoms with Gasteiger partial charge in [-0.1, -0.05) is 0 Å². The third-order valence-electron chi connectivity index (χ3n) is 3.58. The molecule has 0 fully saturated rings. The predicted octanol–water partition coefficient (Wildman–Crippen LogP) is 1.21. The number of amides is 2. The van der Waals surface area contributed by atoms with Gasteiger partial charge in [-0.3, -0.25) is 0 Å². The van der Waals surface area contributed by atoms with E-state index in [2.05, 4.69) is 5.32 Å². The third kappa shape index (κ3) is 2.78. The second-order valence-electron chi connectivity index (χ2n) is 5.16. The van der Waals surface area contributed by atoms with E-state index in [1.165, 1.54) is 4.88 Å². The highest BCUT2D eigenvalue weighted by Gasteiger charge is 2.33. The van der Waals surface area contributed by atoms with Crippen LogP contribution in [0.3, 0.4) is 0 Å².